The highest BCUT2D eigenvalue weighted by atomic mass is 35.5. The molecule has 1 unspecified atom stereocenters. The van der Waals surface area contributed by atoms with Gasteiger partial charge in [-0.05, 0) is 88.4 Å². The van der Waals surface area contributed by atoms with Gasteiger partial charge >= 0.3 is 6.09 Å². The quantitative estimate of drug-likeness (QED) is 0.562. The zero-order valence-electron chi connectivity index (χ0n) is 17.6. The van der Waals surface area contributed by atoms with Gasteiger partial charge < -0.3 is 14.8 Å². The standard InChI is InChI=1S/C24H28ClNO4/c1-24(2,3)30-23(28)26-21(16-8-12-18(25)13-9-16)22(27)17-10-14-20(15-11-17)29-19-6-4-5-7-19/h8-15,19,21H,4-7H2,1-3H3,(H,26,28). The smallest absolute Gasteiger partial charge is 0.408 e. The van der Waals surface area contributed by atoms with Gasteiger partial charge in [-0.1, -0.05) is 23.7 Å². The third-order valence-corrected chi connectivity index (χ3v) is 5.12. The van der Waals surface area contributed by atoms with Crippen LogP contribution in [0.4, 0.5) is 4.79 Å². The van der Waals surface area contributed by atoms with Crippen molar-refractivity contribution >= 4 is 23.5 Å². The summed E-state index contributed by atoms with van der Waals surface area (Å²) >= 11 is 5.98. The summed E-state index contributed by atoms with van der Waals surface area (Å²) in [5.41, 5.74) is 0.433. The molecule has 0 bridgehead atoms. The Morgan fingerprint density at radius 3 is 2.17 bits per heavy atom. The lowest BCUT2D eigenvalue weighted by Gasteiger charge is -2.23. The molecule has 1 aliphatic carbocycles. The van der Waals surface area contributed by atoms with Gasteiger partial charge in [-0.15, -0.1) is 0 Å². The fourth-order valence-electron chi connectivity index (χ4n) is 3.44. The average Bonchev–Trinajstić information content (AvgIpc) is 3.19. The maximum atomic E-state index is 13.2. The van der Waals surface area contributed by atoms with Crippen LogP contribution < -0.4 is 10.1 Å². The van der Waals surface area contributed by atoms with Crippen molar-refractivity contribution in [2.75, 3.05) is 0 Å². The number of hydrogen-bond donors (Lipinski definition) is 1. The first-order valence-electron chi connectivity index (χ1n) is 10.3. The highest BCUT2D eigenvalue weighted by Crippen LogP contribution is 2.26. The third-order valence-electron chi connectivity index (χ3n) is 4.87. The molecule has 1 aliphatic rings. The minimum Gasteiger partial charge on any atom is -0.490 e. The molecule has 6 heteroatoms. The zero-order chi connectivity index (χ0) is 21.7. The molecule has 0 radical (unpaired) electrons. The van der Waals surface area contributed by atoms with E-state index in [1.807, 2.05) is 0 Å². The van der Waals surface area contributed by atoms with Crippen LogP contribution in [-0.2, 0) is 4.74 Å². The molecule has 0 aromatic heterocycles. The van der Waals surface area contributed by atoms with Gasteiger partial charge in [0.05, 0.1) is 6.10 Å². The number of carbonyl (C=O) groups is 2. The lowest BCUT2D eigenvalue weighted by molar-refractivity contribution is 0.0490. The summed E-state index contributed by atoms with van der Waals surface area (Å²) in [7, 11) is 0. The number of benzene rings is 2. The number of hydrogen-bond acceptors (Lipinski definition) is 4. The number of amides is 1. The van der Waals surface area contributed by atoms with Gasteiger partial charge in [-0.3, -0.25) is 4.79 Å². The van der Waals surface area contributed by atoms with E-state index in [-0.39, 0.29) is 11.9 Å². The van der Waals surface area contributed by atoms with Crippen LogP contribution in [0.3, 0.4) is 0 Å². The molecule has 2 aromatic carbocycles. The van der Waals surface area contributed by atoms with E-state index < -0.39 is 17.7 Å². The molecule has 2 aromatic rings. The van der Waals surface area contributed by atoms with Crippen molar-refractivity contribution in [2.45, 2.75) is 64.2 Å². The van der Waals surface area contributed by atoms with Crippen LogP contribution in [0.2, 0.25) is 5.02 Å². The summed E-state index contributed by atoms with van der Waals surface area (Å²) in [6.45, 7) is 5.32. The average molecular weight is 430 g/mol. The van der Waals surface area contributed by atoms with Crippen LogP contribution in [-0.4, -0.2) is 23.6 Å². The minimum atomic E-state index is -0.890. The predicted molar refractivity (Wildman–Crippen MR) is 117 cm³/mol. The van der Waals surface area contributed by atoms with Crippen LogP contribution in [0.25, 0.3) is 0 Å². The molecule has 1 fully saturated rings. The van der Waals surface area contributed by atoms with Crippen molar-refractivity contribution in [1.29, 1.82) is 0 Å². The van der Waals surface area contributed by atoms with Crippen molar-refractivity contribution in [3.8, 4) is 5.75 Å². The summed E-state index contributed by atoms with van der Waals surface area (Å²) in [6, 6.07) is 13.0. The molecule has 5 nitrogen and oxygen atoms in total. The molecule has 1 N–H and O–H groups in total. The van der Waals surface area contributed by atoms with Gasteiger partial charge in [-0.2, -0.15) is 0 Å². The fraction of sp³-hybridized carbons (Fsp3) is 0.417. The van der Waals surface area contributed by atoms with Gasteiger partial charge in [0.2, 0.25) is 0 Å². The molecule has 3 rings (SSSR count). The van der Waals surface area contributed by atoms with Crippen molar-refractivity contribution in [3.05, 3.63) is 64.7 Å². The Bertz CT molecular complexity index is 866. The second-order valence-electron chi connectivity index (χ2n) is 8.54. The predicted octanol–water partition coefficient (Wildman–Crippen LogP) is 6.11. The highest BCUT2D eigenvalue weighted by Gasteiger charge is 2.27. The first kappa shape index (κ1) is 22.2. The number of ether oxygens (including phenoxy) is 2. The summed E-state index contributed by atoms with van der Waals surface area (Å²) in [6.07, 6.45) is 4.12. The Hall–Kier alpha value is -2.53. The van der Waals surface area contributed by atoms with E-state index in [1.54, 1.807) is 69.3 Å². The van der Waals surface area contributed by atoms with Crippen LogP contribution in [0, 0.1) is 0 Å². The number of ketones is 1. The van der Waals surface area contributed by atoms with E-state index in [0.29, 0.717) is 16.1 Å². The number of Topliss-reactive ketones (excluding diaryl/α,β-unsaturated/α-hetero) is 1. The largest absolute Gasteiger partial charge is 0.490 e. The molecule has 160 valence electrons. The Morgan fingerprint density at radius 2 is 1.60 bits per heavy atom. The van der Waals surface area contributed by atoms with Gasteiger partial charge in [0.1, 0.15) is 17.4 Å². The Morgan fingerprint density at radius 1 is 1.00 bits per heavy atom. The van der Waals surface area contributed by atoms with E-state index in [9.17, 15) is 9.59 Å². The highest BCUT2D eigenvalue weighted by molar-refractivity contribution is 6.30. The van der Waals surface area contributed by atoms with Crippen molar-refractivity contribution in [2.24, 2.45) is 0 Å². The monoisotopic (exact) mass is 429 g/mol. The lowest BCUT2D eigenvalue weighted by atomic mass is 9.97. The number of alkyl carbamates (subject to hydrolysis) is 1. The third kappa shape index (κ3) is 6.23. The zero-order valence-corrected chi connectivity index (χ0v) is 18.4. The van der Waals surface area contributed by atoms with E-state index in [0.717, 1.165) is 18.6 Å². The topological polar surface area (TPSA) is 64.6 Å². The maximum Gasteiger partial charge on any atom is 0.408 e. The fourth-order valence-corrected chi connectivity index (χ4v) is 3.57. The number of rotatable bonds is 6. The molecular formula is C24H28ClNO4. The summed E-state index contributed by atoms with van der Waals surface area (Å²) in [5, 5.41) is 3.25. The summed E-state index contributed by atoms with van der Waals surface area (Å²) < 4.78 is 11.3. The van der Waals surface area contributed by atoms with E-state index in [1.165, 1.54) is 12.8 Å². The van der Waals surface area contributed by atoms with Gasteiger partial charge in [0.15, 0.2) is 5.78 Å². The molecule has 1 amide bonds. The van der Waals surface area contributed by atoms with Crippen LogP contribution >= 0.6 is 11.6 Å². The second-order valence-corrected chi connectivity index (χ2v) is 8.98. The number of carbonyl (C=O) groups excluding carboxylic acids is 2. The normalized spacial score (nSPS) is 15.5. The molecule has 30 heavy (non-hydrogen) atoms. The Balaban J connectivity index is 1.78. The molecular weight excluding hydrogens is 402 g/mol. The summed E-state index contributed by atoms with van der Waals surface area (Å²) in [5.74, 6) is 0.511. The van der Waals surface area contributed by atoms with E-state index in [2.05, 4.69) is 5.32 Å². The Labute approximate surface area is 182 Å². The second kappa shape index (κ2) is 9.52. The molecule has 0 heterocycles. The van der Waals surface area contributed by atoms with E-state index in [4.69, 9.17) is 21.1 Å². The lowest BCUT2D eigenvalue weighted by Crippen LogP contribution is -2.38. The van der Waals surface area contributed by atoms with Crippen LogP contribution in [0.5, 0.6) is 5.75 Å². The van der Waals surface area contributed by atoms with Gasteiger partial charge in [0, 0.05) is 10.6 Å². The van der Waals surface area contributed by atoms with E-state index >= 15 is 0 Å². The van der Waals surface area contributed by atoms with Crippen LogP contribution in [0.1, 0.15) is 68.4 Å². The maximum absolute atomic E-state index is 13.2. The minimum absolute atomic E-state index is 0.240. The van der Waals surface area contributed by atoms with Crippen molar-refractivity contribution < 1.29 is 19.1 Å². The Kier molecular flexibility index (Phi) is 7.03. The van der Waals surface area contributed by atoms with Crippen molar-refractivity contribution in [1.82, 2.24) is 5.32 Å². The molecule has 1 saturated carbocycles. The molecule has 0 aliphatic heterocycles. The van der Waals surface area contributed by atoms with Gasteiger partial charge in [0.25, 0.3) is 0 Å². The summed E-state index contributed by atoms with van der Waals surface area (Å²) in [4.78, 5) is 25.6. The molecule has 0 saturated heterocycles. The number of halogens is 1. The first-order valence-corrected chi connectivity index (χ1v) is 10.6. The van der Waals surface area contributed by atoms with Crippen LogP contribution in [0.15, 0.2) is 48.5 Å². The van der Waals surface area contributed by atoms with Gasteiger partial charge in [-0.25, -0.2) is 4.79 Å². The SMILES string of the molecule is CC(C)(C)OC(=O)NC(C(=O)c1ccc(OC2CCCC2)cc1)c1ccc(Cl)cc1. The first-order chi connectivity index (χ1) is 14.2. The number of nitrogens with one attached hydrogen (secondary N) is 1. The van der Waals surface area contributed by atoms with Crippen molar-refractivity contribution in [3.63, 3.8) is 0 Å². The molecule has 1 atom stereocenters. The molecule has 0 spiro atoms.